The minimum Gasteiger partial charge on any atom is -0.488 e. The van der Waals surface area contributed by atoms with Crippen molar-refractivity contribution in [1.82, 2.24) is 5.43 Å². The first-order chi connectivity index (χ1) is 12.6. The number of nitrogens with one attached hydrogen (secondary N) is 1. The van der Waals surface area contributed by atoms with Crippen LogP contribution in [0.2, 0.25) is 0 Å². The van der Waals surface area contributed by atoms with Gasteiger partial charge in [0.2, 0.25) is 0 Å². The zero-order chi connectivity index (χ0) is 18.4. The highest BCUT2D eigenvalue weighted by molar-refractivity contribution is 9.10. The molecule has 0 fully saturated rings. The Balaban J connectivity index is 1.57. The second-order valence-electron chi connectivity index (χ2n) is 5.28. The van der Waals surface area contributed by atoms with E-state index in [2.05, 4.69) is 42.4 Å². The van der Waals surface area contributed by atoms with Crippen LogP contribution in [0.1, 0.15) is 21.7 Å². The summed E-state index contributed by atoms with van der Waals surface area (Å²) in [4.78, 5) is 11.7. The Morgan fingerprint density at radius 1 is 1.15 bits per heavy atom. The minimum absolute atomic E-state index is 0.208. The maximum absolute atomic E-state index is 11.7. The number of furan rings is 1. The molecule has 1 N–H and O–H groups in total. The number of rotatable bonds is 6. The number of nitrogens with zero attached hydrogens (tertiary/aromatic N) is 1. The molecule has 0 aliphatic heterocycles. The number of hydrogen-bond acceptors (Lipinski definition) is 4. The van der Waals surface area contributed by atoms with Crippen molar-refractivity contribution in [2.24, 2.45) is 5.10 Å². The molecule has 2 aromatic carbocycles. The van der Waals surface area contributed by atoms with Crippen molar-refractivity contribution in [1.29, 1.82) is 0 Å². The molecule has 3 rings (SSSR count). The Bertz CT molecular complexity index is 907. The molecule has 1 amide bonds. The van der Waals surface area contributed by atoms with Crippen LogP contribution in [-0.4, -0.2) is 12.1 Å². The summed E-state index contributed by atoms with van der Waals surface area (Å²) in [5.41, 5.74) is 4.29. The van der Waals surface area contributed by atoms with E-state index < -0.39 is 5.91 Å². The lowest BCUT2D eigenvalue weighted by molar-refractivity contribution is 0.0927. The lowest BCUT2D eigenvalue weighted by Crippen LogP contribution is -2.16. The maximum atomic E-state index is 11.7. The molecule has 1 aromatic heterocycles. The Morgan fingerprint density at radius 2 is 1.96 bits per heavy atom. The fraction of sp³-hybridized carbons (Fsp3) is 0.0526. The largest absolute Gasteiger partial charge is 0.488 e. The van der Waals surface area contributed by atoms with Crippen LogP contribution < -0.4 is 10.2 Å². The van der Waals surface area contributed by atoms with E-state index >= 15 is 0 Å². The lowest BCUT2D eigenvalue weighted by atomic mass is 10.2. The average Bonchev–Trinajstić information content (AvgIpc) is 3.17. The average molecular weight is 478 g/mol. The molecule has 3 aromatic rings. The smallest absolute Gasteiger partial charge is 0.307 e. The molecule has 7 heteroatoms. The Kier molecular flexibility index (Phi) is 6.25. The van der Waals surface area contributed by atoms with Crippen molar-refractivity contribution in [2.45, 2.75) is 6.61 Å². The molecule has 26 heavy (non-hydrogen) atoms. The van der Waals surface area contributed by atoms with Crippen LogP contribution in [0.5, 0.6) is 5.75 Å². The third-order valence-electron chi connectivity index (χ3n) is 3.39. The quantitative estimate of drug-likeness (QED) is 0.394. The van der Waals surface area contributed by atoms with Crippen molar-refractivity contribution in [3.8, 4) is 5.75 Å². The summed E-state index contributed by atoms with van der Waals surface area (Å²) >= 11 is 6.90. The van der Waals surface area contributed by atoms with Crippen LogP contribution in [0.4, 0.5) is 0 Å². The van der Waals surface area contributed by atoms with Gasteiger partial charge in [-0.15, -0.1) is 0 Å². The Labute approximate surface area is 167 Å². The van der Waals surface area contributed by atoms with Gasteiger partial charge in [-0.2, -0.15) is 5.10 Å². The predicted octanol–water partition coefficient (Wildman–Crippen LogP) is 5.15. The standard InChI is InChI=1S/C19H14Br2N2O3/c20-15-6-3-13(4-7-15)12-26-17-8-5-14(10-16(17)21)11-22-23-19(24)18-2-1-9-25-18/h1-11H,12H2,(H,23,24)/b22-11-. The van der Waals surface area contributed by atoms with E-state index in [1.165, 1.54) is 6.26 Å². The summed E-state index contributed by atoms with van der Waals surface area (Å²) in [5.74, 6) is 0.532. The number of ether oxygens (including phenoxy) is 1. The number of halogens is 2. The van der Waals surface area contributed by atoms with E-state index in [0.29, 0.717) is 6.61 Å². The first-order valence-corrected chi connectivity index (χ1v) is 9.24. The normalized spacial score (nSPS) is 10.8. The Hall–Kier alpha value is -2.38. The summed E-state index contributed by atoms with van der Waals surface area (Å²) in [7, 11) is 0. The predicted molar refractivity (Wildman–Crippen MR) is 106 cm³/mol. The molecule has 0 saturated heterocycles. The number of amides is 1. The third-order valence-corrected chi connectivity index (χ3v) is 4.54. The van der Waals surface area contributed by atoms with Crippen LogP contribution >= 0.6 is 31.9 Å². The van der Waals surface area contributed by atoms with Crippen LogP contribution in [0, 0.1) is 0 Å². The highest BCUT2D eigenvalue weighted by atomic mass is 79.9. The summed E-state index contributed by atoms with van der Waals surface area (Å²) in [6.07, 6.45) is 2.98. The van der Waals surface area contributed by atoms with Gasteiger partial charge in [-0.05, 0) is 69.5 Å². The zero-order valence-electron chi connectivity index (χ0n) is 13.5. The summed E-state index contributed by atoms with van der Waals surface area (Å²) in [6.45, 7) is 0.471. The molecule has 0 saturated carbocycles. The van der Waals surface area contributed by atoms with Crippen molar-refractivity contribution in [3.63, 3.8) is 0 Å². The lowest BCUT2D eigenvalue weighted by Gasteiger charge is -2.09. The van der Waals surface area contributed by atoms with Crippen LogP contribution in [0.25, 0.3) is 0 Å². The summed E-state index contributed by atoms with van der Waals surface area (Å²) < 4.78 is 12.6. The van der Waals surface area contributed by atoms with E-state index in [-0.39, 0.29) is 5.76 Å². The van der Waals surface area contributed by atoms with E-state index in [1.807, 2.05) is 42.5 Å². The molecule has 5 nitrogen and oxygen atoms in total. The number of benzene rings is 2. The van der Waals surface area contributed by atoms with Gasteiger partial charge in [0.25, 0.3) is 0 Å². The molecule has 0 aliphatic carbocycles. The monoisotopic (exact) mass is 476 g/mol. The summed E-state index contributed by atoms with van der Waals surface area (Å²) in [5, 5.41) is 3.92. The molecule has 0 radical (unpaired) electrons. The molecule has 0 atom stereocenters. The van der Waals surface area contributed by atoms with Crippen molar-refractivity contribution in [2.75, 3.05) is 0 Å². The first kappa shape index (κ1) is 18.4. The molecule has 0 aliphatic rings. The van der Waals surface area contributed by atoms with Gasteiger partial charge < -0.3 is 9.15 Å². The third kappa shape index (κ3) is 5.06. The van der Waals surface area contributed by atoms with Gasteiger partial charge in [-0.3, -0.25) is 4.79 Å². The maximum Gasteiger partial charge on any atom is 0.307 e. The van der Waals surface area contributed by atoms with Crippen LogP contribution in [0.15, 0.2) is 79.3 Å². The number of hydrazone groups is 1. The minimum atomic E-state index is -0.403. The number of carbonyl (C=O) groups excluding carboxylic acids is 1. The molecule has 0 unspecified atom stereocenters. The number of carbonyl (C=O) groups is 1. The number of hydrogen-bond donors (Lipinski definition) is 1. The van der Waals surface area contributed by atoms with E-state index in [1.54, 1.807) is 18.3 Å². The second kappa shape index (κ2) is 8.82. The molecule has 132 valence electrons. The van der Waals surface area contributed by atoms with Gasteiger partial charge in [-0.25, -0.2) is 5.43 Å². The van der Waals surface area contributed by atoms with Crippen LogP contribution in [-0.2, 0) is 6.61 Å². The van der Waals surface area contributed by atoms with Gasteiger partial charge in [0.1, 0.15) is 12.4 Å². The van der Waals surface area contributed by atoms with E-state index in [0.717, 1.165) is 25.8 Å². The van der Waals surface area contributed by atoms with Gasteiger partial charge in [0.05, 0.1) is 17.0 Å². The fourth-order valence-corrected chi connectivity index (χ4v) is 2.86. The SMILES string of the molecule is O=C(N/N=C\c1ccc(OCc2ccc(Br)cc2)c(Br)c1)c1ccco1. The second-order valence-corrected chi connectivity index (χ2v) is 7.05. The van der Waals surface area contributed by atoms with Crippen LogP contribution in [0.3, 0.4) is 0 Å². The first-order valence-electron chi connectivity index (χ1n) is 7.65. The molecular formula is C19H14Br2N2O3. The molecule has 0 spiro atoms. The van der Waals surface area contributed by atoms with Gasteiger partial charge in [0.15, 0.2) is 5.76 Å². The van der Waals surface area contributed by atoms with Gasteiger partial charge >= 0.3 is 5.91 Å². The topological polar surface area (TPSA) is 63.8 Å². The molecule has 0 bridgehead atoms. The van der Waals surface area contributed by atoms with Crippen molar-refractivity contribution in [3.05, 3.63) is 86.7 Å². The fourth-order valence-electron chi connectivity index (χ4n) is 2.08. The van der Waals surface area contributed by atoms with E-state index in [9.17, 15) is 4.79 Å². The summed E-state index contributed by atoms with van der Waals surface area (Å²) in [6, 6.07) is 16.7. The van der Waals surface area contributed by atoms with Gasteiger partial charge in [0, 0.05) is 4.47 Å². The molecule has 1 heterocycles. The zero-order valence-corrected chi connectivity index (χ0v) is 16.7. The highest BCUT2D eigenvalue weighted by Crippen LogP contribution is 2.26. The Morgan fingerprint density at radius 3 is 2.65 bits per heavy atom. The van der Waals surface area contributed by atoms with Gasteiger partial charge in [-0.1, -0.05) is 28.1 Å². The van der Waals surface area contributed by atoms with Crippen molar-refractivity contribution >= 4 is 44.0 Å². The van der Waals surface area contributed by atoms with Crippen molar-refractivity contribution < 1.29 is 13.9 Å². The highest BCUT2D eigenvalue weighted by Gasteiger charge is 2.06. The van der Waals surface area contributed by atoms with E-state index in [4.69, 9.17) is 9.15 Å². The molecular weight excluding hydrogens is 464 g/mol.